The van der Waals surface area contributed by atoms with Crippen LogP contribution in [0.4, 0.5) is 18.9 Å². The van der Waals surface area contributed by atoms with Crippen molar-refractivity contribution in [1.29, 1.82) is 0 Å². The van der Waals surface area contributed by atoms with Crippen LogP contribution in [0.15, 0.2) is 18.2 Å². The summed E-state index contributed by atoms with van der Waals surface area (Å²) in [5.74, 6) is -0.504. The predicted octanol–water partition coefficient (Wildman–Crippen LogP) is 3.60. The summed E-state index contributed by atoms with van der Waals surface area (Å²) in [6.07, 6.45) is -2.13. The number of rotatable bonds is 5. The van der Waals surface area contributed by atoms with Crippen LogP contribution in [0.5, 0.6) is 0 Å². The maximum atomic E-state index is 12.7. The van der Waals surface area contributed by atoms with Crippen LogP contribution >= 0.6 is 0 Å². The van der Waals surface area contributed by atoms with E-state index in [1.807, 2.05) is 13.8 Å². The van der Waals surface area contributed by atoms with Crippen LogP contribution in [0.2, 0.25) is 0 Å². The van der Waals surface area contributed by atoms with E-state index in [0.29, 0.717) is 0 Å². The zero-order valence-electron chi connectivity index (χ0n) is 11.6. The van der Waals surface area contributed by atoms with E-state index < -0.39 is 17.6 Å². The Morgan fingerprint density at radius 1 is 1.35 bits per heavy atom. The molecule has 1 amide bonds. The molecule has 3 nitrogen and oxygen atoms in total. The number of hydrogen-bond donors (Lipinski definition) is 2. The molecule has 6 heteroatoms. The highest BCUT2D eigenvalue weighted by Crippen LogP contribution is 2.34. The third-order valence-electron chi connectivity index (χ3n) is 3.09. The summed E-state index contributed by atoms with van der Waals surface area (Å²) in [7, 11) is 0. The van der Waals surface area contributed by atoms with E-state index in [1.54, 1.807) is 0 Å². The second kappa shape index (κ2) is 6.63. The van der Waals surface area contributed by atoms with Gasteiger partial charge in [0.25, 0.3) is 5.91 Å². The zero-order chi connectivity index (χ0) is 15.3. The van der Waals surface area contributed by atoms with Crippen molar-refractivity contribution >= 4 is 11.6 Å². The van der Waals surface area contributed by atoms with Gasteiger partial charge in [-0.1, -0.05) is 20.3 Å². The number of carbonyl (C=O) groups excluding carboxylic acids is 1. The molecule has 0 saturated heterocycles. The molecule has 0 heterocycles. The second-order valence-corrected chi connectivity index (χ2v) is 4.67. The summed E-state index contributed by atoms with van der Waals surface area (Å²) in [5.41, 5.74) is 3.91. The number of nitrogen functional groups attached to an aromatic ring is 1. The first-order valence-corrected chi connectivity index (χ1v) is 6.57. The molecule has 0 saturated carbocycles. The van der Waals surface area contributed by atoms with Crippen molar-refractivity contribution in [2.75, 3.05) is 5.73 Å². The fraction of sp³-hybridized carbons (Fsp3) is 0.500. The Hall–Kier alpha value is -1.72. The van der Waals surface area contributed by atoms with E-state index in [-0.39, 0.29) is 17.3 Å². The highest BCUT2D eigenvalue weighted by molar-refractivity contribution is 5.95. The smallest absolute Gasteiger partial charge is 0.398 e. The van der Waals surface area contributed by atoms with Crippen molar-refractivity contribution < 1.29 is 18.0 Å². The van der Waals surface area contributed by atoms with Crippen LogP contribution < -0.4 is 11.1 Å². The SMILES string of the molecule is CCCC(CC)NC(=O)c1ccc(N)c(C(F)(F)F)c1. The quantitative estimate of drug-likeness (QED) is 0.813. The maximum absolute atomic E-state index is 12.7. The van der Waals surface area contributed by atoms with E-state index in [9.17, 15) is 18.0 Å². The van der Waals surface area contributed by atoms with Crippen molar-refractivity contribution in [3.05, 3.63) is 29.3 Å². The lowest BCUT2D eigenvalue weighted by Gasteiger charge is -2.17. The van der Waals surface area contributed by atoms with Crippen molar-refractivity contribution in [3.8, 4) is 0 Å². The fourth-order valence-electron chi connectivity index (χ4n) is 1.94. The number of anilines is 1. The van der Waals surface area contributed by atoms with E-state index >= 15 is 0 Å². The number of hydrogen-bond acceptors (Lipinski definition) is 2. The molecule has 20 heavy (non-hydrogen) atoms. The van der Waals surface area contributed by atoms with Gasteiger partial charge in [-0.3, -0.25) is 4.79 Å². The Morgan fingerprint density at radius 2 is 2.00 bits per heavy atom. The number of carbonyl (C=O) groups is 1. The van der Waals surface area contributed by atoms with Gasteiger partial charge in [-0.15, -0.1) is 0 Å². The van der Waals surface area contributed by atoms with Gasteiger partial charge in [-0.05, 0) is 31.0 Å². The minimum absolute atomic E-state index is 0.0268. The minimum atomic E-state index is -4.56. The first-order valence-electron chi connectivity index (χ1n) is 6.57. The molecule has 0 aliphatic rings. The molecule has 3 N–H and O–H groups in total. The third-order valence-corrected chi connectivity index (χ3v) is 3.09. The molecule has 0 bridgehead atoms. The summed E-state index contributed by atoms with van der Waals surface area (Å²) in [5, 5.41) is 2.73. The summed E-state index contributed by atoms with van der Waals surface area (Å²) in [6.45, 7) is 3.91. The van der Waals surface area contributed by atoms with Gasteiger partial charge in [0.05, 0.1) is 5.56 Å². The molecule has 112 valence electrons. The van der Waals surface area contributed by atoms with Crippen LogP contribution in [0.1, 0.15) is 49.0 Å². The molecule has 1 aromatic rings. The van der Waals surface area contributed by atoms with E-state index in [1.165, 1.54) is 6.07 Å². The topological polar surface area (TPSA) is 55.1 Å². The predicted molar refractivity (Wildman–Crippen MR) is 72.3 cm³/mol. The molecule has 1 rings (SSSR count). The highest BCUT2D eigenvalue weighted by atomic mass is 19.4. The first-order chi connectivity index (χ1) is 9.29. The van der Waals surface area contributed by atoms with Crippen molar-refractivity contribution in [2.45, 2.75) is 45.3 Å². The Morgan fingerprint density at radius 3 is 2.50 bits per heavy atom. The Kier molecular flexibility index (Phi) is 5.42. The number of halogens is 3. The maximum Gasteiger partial charge on any atom is 0.418 e. The molecule has 1 unspecified atom stereocenters. The lowest BCUT2D eigenvalue weighted by Crippen LogP contribution is -2.34. The van der Waals surface area contributed by atoms with Crippen molar-refractivity contribution in [3.63, 3.8) is 0 Å². The van der Waals surface area contributed by atoms with E-state index in [4.69, 9.17) is 5.73 Å². The number of alkyl halides is 3. The normalized spacial score (nSPS) is 13.1. The minimum Gasteiger partial charge on any atom is -0.398 e. The van der Waals surface area contributed by atoms with Crippen LogP contribution in [-0.2, 0) is 6.18 Å². The first kappa shape index (κ1) is 16.3. The van der Waals surface area contributed by atoms with Gasteiger partial charge in [-0.25, -0.2) is 0 Å². The van der Waals surface area contributed by atoms with Gasteiger partial charge in [0.2, 0.25) is 0 Å². The third kappa shape index (κ3) is 4.15. The molecule has 0 aliphatic carbocycles. The van der Waals surface area contributed by atoms with Crippen molar-refractivity contribution in [1.82, 2.24) is 5.32 Å². The average molecular weight is 288 g/mol. The summed E-state index contributed by atoms with van der Waals surface area (Å²) >= 11 is 0. The monoisotopic (exact) mass is 288 g/mol. The molecular formula is C14H19F3N2O. The summed E-state index contributed by atoms with van der Waals surface area (Å²) in [4.78, 5) is 12.0. The highest BCUT2D eigenvalue weighted by Gasteiger charge is 2.33. The standard InChI is InChI=1S/C14H19F3N2O/c1-3-5-10(4-2)19-13(20)9-6-7-12(18)11(8-9)14(15,16)17/h6-8,10H,3-5,18H2,1-2H3,(H,19,20). The van der Waals surface area contributed by atoms with Crippen LogP contribution in [0, 0.1) is 0 Å². The number of nitrogens with two attached hydrogens (primary N) is 1. The van der Waals surface area contributed by atoms with Gasteiger partial charge in [0, 0.05) is 17.3 Å². The van der Waals surface area contributed by atoms with Gasteiger partial charge >= 0.3 is 6.18 Å². The largest absolute Gasteiger partial charge is 0.418 e. The molecule has 0 aromatic heterocycles. The van der Waals surface area contributed by atoms with E-state index in [2.05, 4.69) is 5.32 Å². The van der Waals surface area contributed by atoms with Crippen molar-refractivity contribution in [2.24, 2.45) is 0 Å². The van der Waals surface area contributed by atoms with Gasteiger partial charge in [-0.2, -0.15) is 13.2 Å². The molecule has 1 atom stereocenters. The fourth-order valence-corrected chi connectivity index (χ4v) is 1.94. The molecule has 0 aliphatic heterocycles. The summed E-state index contributed by atoms with van der Waals surface area (Å²) in [6, 6.07) is 3.18. The second-order valence-electron chi connectivity index (χ2n) is 4.67. The van der Waals surface area contributed by atoms with Gasteiger partial charge < -0.3 is 11.1 Å². The Labute approximate surface area is 116 Å². The lowest BCUT2D eigenvalue weighted by molar-refractivity contribution is -0.136. The molecule has 0 spiro atoms. The number of amides is 1. The Balaban J connectivity index is 2.94. The lowest BCUT2D eigenvalue weighted by atomic mass is 10.1. The van der Waals surface area contributed by atoms with Crippen LogP contribution in [0.25, 0.3) is 0 Å². The molecular weight excluding hydrogens is 269 g/mol. The van der Waals surface area contributed by atoms with E-state index in [0.717, 1.165) is 31.4 Å². The van der Waals surface area contributed by atoms with Gasteiger partial charge in [0.15, 0.2) is 0 Å². The summed E-state index contributed by atoms with van der Waals surface area (Å²) < 4.78 is 38.2. The van der Waals surface area contributed by atoms with Gasteiger partial charge in [0.1, 0.15) is 0 Å². The molecule has 1 aromatic carbocycles. The van der Waals surface area contributed by atoms with Crippen LogP contribution in [0.3, 0.4) is 0 Å². The molecule has 0 radical (unpaired) electrons. The average Bonchev–Trinajstić information content (AvgIpc) is 2.37. The number of nitrogens with one attached hydrogen (secondary N) is 1. The number of benzene rings is 1. The zero-order valence-corrected chi connectivity index (χ0v) is 11.6. The molecule has 0 fully saturated rings. The Bertz CT molecular complexity index is 472. The van der Waals surface area contributed by atoms with Crippen LogP contribution in [-0.4, -0.2) is 11.9 Å².